The maximum atomic E-state index is 13.1. The van der Waals surface area contributed by atoms with Gasteiger partial charge >= 0.3 is 0 Å². The Morgan fingerprint density at radius 1 is 0.800 bits per heavy atom. The maximum absolute atomic E-state index is 13.1. The van der Waals surface area contributed by atoms with Gasteiger partial charge in [-0.15, -0.1) is 0 Å². The van der Waals surface area contributed by atoms with Gasteiger partial charge in [0.15, 0.2) is 5.65 Å². The molecule has 2 saturated heterocycles. The highest BCUT2D eigenvalue weighted by Crippen LogP contribution is 2.32. The monoisotopic (exact) mass is 662 g/mol. The molecule has 6 heterocycles. The fourth-order valence-electron chi connectivity index (χ4n) is 7.56. The van der Waals surface area contributed by atoms with Crippen LogP contribution in [0.2, 0.25) is 0 Å². The molecule has 1 N–H and O–H groups in total. The molecule has 0 radical (unpaired) electrons. The zero-order valence-electron chi connectivity index (χ0n) is 27.3. The summed E-state index contributed by atoms with van der Waals surface area (Å²) in [4.78, 5) is 52.8. The molecule has 11 nitrogen and oxygen atoms in total. The predicted octanol–water partition coefficient (Wildman–Crippen LogP) is 4.69. The van der Waals surface area contributed by atoms with Gasteiger partial charge < -0.3 is 9.80 Å². The third-order valence-electron chi connectivity index (χ3n) is 10.2. The van der Waals surface area contributed by atoms with Crippen molar-refractivity contribution in [3.63, 3.8) is 0 Å². The van der Waals surface area contributed by atoms with Crippen LogP contribution < -0.4 is 10.2 Å². The Morgan fingerprint density at radius 2 is 1.64 bits per heavy atom. The first-order chi connectivity index (χ1) is 24.5. The lowest BCUT2D eigenvalue weighted by Crippen LogP contribution is -2.52. The minimum atomic E-state index is -0.595. The van der Waals surface area contributed by atoms with E-state index in [4.69, 9.17) is 4.98 Å². The first kappa shape index (κ1) is 30.1. The Morgan fingerprint density at radius 3 is 2.48 bits per heavy atom. The molecule has 3 amide bonds. The maximum Gasteiger partial charge on any atom is 0.255 e. The summed E-state index contributed by atoms with van der Waals surface area (Å²) < 4.78 is 1.85. The molecule has 11 heteroatoms. The molecule has 3 aromatic carbocycles. The molecule has 0 spiro atoms. The summed E-state index contributed by atoms with van der Waals surface area (Å²) in [6.07, 6.45) is 8.28. The SMILES string of the molecule is O=C1CCC(N2Cc3cc(CN4CCN(c5ccc(-c6cnc7c(-c8ccnc9ccccc89)cnn7c6)cc5)CC4)ccc3C2=O)C(=O)N1. The fourth-order valence-corrected chi connectivity index (χ4v) is 7.56. The lowest BCUT2D eigenvalue weighted by Gasteiger charge is -2.36. The number of imide groups is 1. The number of hydrogen-bond acceptors (Lipinski definition) is 8. The van der Waals surface area contributed by atoms with E-state index < -0.39 is 6.04 Å². The number of benzene rings is 3. The second-order valence-electron chi connectivity index (χ2n) is 13.2. The predicted molar refractivity (Wildman–Crippen MR) is 189 cm³/mol. The van der Waals surface area contributed by atoms with Crippen LogP contribution in [-0.2, 0) is 22.7 Å². The van der Waals surface area contributed by atoms with Crippen LogP contribution in [0, 0.1) is 0 Å². The van der Waals surface area contributed by atoms with Crippen LogP contribution in [0.4, 0.5) is 5.69 Å². The molecule has 3 aromatic heterocycles. The van der Waals surface area contributed by atoms with Crippen molar-refractivity contribution in [2.24, 2.45) is 0 Å². The normalized spacial score (nSPS) is 18.2. The van der Waals surface area contributed by atoms with E-state index in [0.717, 1.165) is 82.7 Å². The molecule has 248 valence electrons. The fraction of sp³-hybridized carbons (Fsp3) is 0.231. The molecule has 2 fully saturated rings. The Kier molecular flexibility index (Phi) is 7.35. The van der Waals surface area contributed by atoms with E-state index in [9.17, 15) is 14.4 Å². The lowest BCUT2D eigenvalue weighted by atomic mass is 10.0. The van der Waals surface area contributed by atoms with E-state index in [0.29, 0.717) is 18.5 Å². The minimum Gasteiger partial charge on any atom is -0.369 e. The highest BCUT2D eigenvalue weighted by Gasteiger charge is 2.39. The Hall–Kier alpha value is -5.94. The molecular weight excluding hydrogens is 628 g/mol. The average molecular weight is 663 g/mol. The van der Waals surface area contributed by atoms with E-state index in [1.807, 2.05) is 65.7 Å². The molecule has 50 heavy (non-hydrogen) atoms. The van der Waals surface area contributed by atoms with Gasteiger partial charge in [0, 0.05) is 92.0 Å². The van der Waals surface area contributed by atoms with E-state index >= 15 is 0 Å². The van der Waals surface area contributed by atoms with Crippen molar-refractivity contribution in [1.82, 2.24) is 34.7 Å². The summed E-state index contributed by atoms with van der Waals surface area (Å²) in [5, 5.41) is 8.09. The molecular formula is C39H34N8O3. The van der Waals surface area contributed by atoms with Crippen LogP contribution in [0.15, 0.2) is 97.6 Å². The number of rotatable bonds is 6. The number of hydrogen-bond donors (Lipinski definition) is 1. The smallest absolute Gasteiger partial charge is 0.255 e. The van der Waals surface area contributed by atoms with Crippen LogP contribution >= 0.6 is 0 Å². The minimum absolute atomic E-state index is 0.136. The van der Waals surface area contributed by atoms with Gasteiger partial charge in [0.05, 0.1) is 11.7 Å². The summed E-state index contributed by atoms with van der Waals surface area (Å²) in [7, 11) is 0. The number of carbonyl (C=O) groups is 3. The first-order valence-corrected chi connectivity index (χ1v) is 17.0. The zero-order valence-corrected chi connectivity index (χ0v) is 27.3. The van der Waals surface area contributed by atoms with Gasteiger partial charge in [0.2, 0.25) is 11.8 Å². The Bertz CT molecular complexity index is 2300. The average Bonchev–Trinajstić information content (AvgIpc) is 3.72. The molecule has 1 unspecified atom stereocenters. The number of fused-ring (bicyclic) bond motifs is 3. The quantitative estimate of drug-likeness (QED) is 0.256. The molecule has 9 rings (SSSR count). The first-order valence-electron chi connectivity index (χ1n) is 17.0. The molecule has 0 aliphatic carbocycles. The van der Waals surface area contributed by atoms with E-state index in [1.54, 1.807) is 4.90 Å². The molecule has 0 bridgehead atoms. The third-order valence-corrected chi connectivity index (χ3v) is 10.2. The van der Waals surface area contributed by atoms with Crippen molar-refractivity contribution in [3.8, 4) is 22.3 Å². The number of carbonyl (C=O) groups excluding carboxylic acids is 3. The number of aromatic nitrogens is 4. The molecule has 0 saturated carbocycles. The van der Waals surface area contributed by atoms with Crippen molar-refractivity contribution < 1.29 is 14.4 Å². The zero-order chi connectivity index (χ0) is 33.8. The topological polar surface area (TPSA) is 116 Å². The highest BCUT2D eigenvalue weighted by molar-refractivity contribution is 6.05. The second kappa shape index (κ2) is 12.2. The van der Waals surface area contributed by atoms with Gasteiger partial charge in [-0.25, -0.2) is 9.50 Å². The molecule has 3 aliphatic heterocycles. The Labute approximate surface area is 288 Å². The van der Waals surface area contributed by atoms with Gasteiger partial charge in [-0.05, 0) is 59.0 Å². The van der Waals surface area contributed by atoms with Gasteiger partial charge in [-0.1, -0.05) is 42.5 Å². The van der Waals surface area contributed by atoms with Gasteiger partial charge in [-0.3, -0.25) is 29.6 Å². The van der Waals surface area contributed by atoms with E-state index in [-0.39, 0.29) is 24.1 Å². The number of anilines is 1. The summed E-state index contributed by atoms with van der Waals surface area (Å²) in [6.45, 7) is 4.88. The van der Waals surface area contributed by atoms with Crippen LogP contribution in [0.25, 0.3) is 38.8 Å². The number of nitrogens with zero attached hydrogens (tertiary/aromatic N) is 7. The van der Waals surface area contributed by atoms with E-state index in [2.05, 4.69) is 61.6 Å². The lowest BCUT2D eigenvalue weighted by molar-refractivity contribution is -0.136. The van der Waals surface area contributed by atoms with Gasteiger partial charge in [0.25, 0.3) is 5.91 Å². The number of nitrogens with one attached hydrogen (secondary N) is 1. The van der Waals surface area contributed by atoms with Crippen molar-refractivity contribution in [1.29, 1.82) is 0 Å². The van der Waals surface area contributed by atoms with Crippen LogP contribution in [0.1, 0.15) is 34.3 Å². The van der Waals surface area contributed by atoms with Crippen molar-refractivity contribution in [3.05, 3.63) is 114 Å². The van der Waals surface area contributed by atoms with Crippen LogP contribution in [0.3, 0.4) is 0 Å². The summed E-state index contributed by atoms with van der Waals surface area (Å²) in [6, 6.07) is 24.2. The summed E-state index contributed by atoms with van der Waals surface area (Å²) in [5.41, 5.74) is 9.82. The number of piperazine rings is 1. The number of amides is 3. The largest absolute Gasteiger partial charge is 0.369 e. The van der Waals surface area contributed by atoms with Gasteiger partial charge in [-0.2, -0.15) is 5.10 Å². The standard InChI is InChI=1S/C39H34N8O3/c48-36-12-11-35(38(49)43-36)46-23-27-19-25(5-10-30(27)39(46)50)22-44-15-17-45(18-16-44)29-8-6-26(7-9-29)28-20-41-37-33(21-42-47(37)24-28)31-13-14-40-34-4-2-1-3-32(31)34/h1-10,13-14,19-21,24,35H,11-12,15-18,22-23H2,(H,43,48,49). The number of pyridine rings is 1. The van der Waals surface area contributed by atoms with Crippen molar-refractivity contribution in [2.75, 3.05) is 31.1 Å². The molecule has 3 aliphatic rings. The Balaban J connectivity index is 0.833. The highest BCUT2D eigenvalue weighted by atomic mass is 16.2. The second-order valence-corrected chi connectivity index (χ2v) is 13.2. The van der Waals surface area contributed by atoms with E-state index in [1.165, 1.54) is 5.69 Å². The summed E-state index contributed by atoms with van der Waals surface area (Å²) in [5.74, 6) is -0.794. The van der Waals surface area contributed by atoms with Crippen LogP contribution in [0.5, 0.6) is 0 Å². The van der Waals surface area contributed by atoms with Crippen molar-refractivity contribution in [2.45, 2.75) is 32.0 Å². The van der Waals surface area contributed by atoms with Gasteiger partial charge in [0.1, 0.15) is 6.04 Å². The number of para-hydroxylation sites is 1. The molecule has 1 atom stereocenters. The third kappa shape index (κ3) is 5.36. The van der Waals surface area contributed by atoms with Crippen LogP contribution in [-0.4, -0.2) is 79.3 Å². The summed E-state index contributed by atoms with van der Waals surface area (Å²) >= 11 is 0. The molecule has 6 aromatic rings. The van der Waals surface area contributed by atoms with Crippen molar-refractivity contribution >= 4 is 40.0 Å². The number of piperidine rings is 1.